The minimum Gasteiger partial charge on any atom is -0.309 e. The zero-order valence-corrected chi connectivity index (χ0v) is 53.6. The SMILES string of the molecule is c1ccc(-c2cccc(-n3c4ccccc4c4cc(-c5ccc6c(c5)c5ccccc5n6-c5ccc6ccccc6c5)ccc43)c2)cc1.c1ccc(-c2cccc(-n3c4ccccc4c4cc(-c5ccc6c(c5)c5ccccc5n6-c5ccccc5-c5ccccc5)ccc43)c2)cc1. The molecular weight excluding hydrogens is 1190 g/mol. The van der Waals surface area contributed by atoms with Gasteiger partial charge in [0.15, 0.2) is 0 Å². The molecule has 0 atom stereocenters. The monoisotopic (exact) mass is 1250 g/mol. The van der Waals surface area contributed by atoms with Crippen molar-refractivity contribution in [1.29, 1.82) is 0 Å². The molecule has 16 aromatic carbocycles. The summed E-state index contributed by atoms with van der Waals surface area (Å²) in [6.45, 7) is 0. The summed E-state index contributed by atoms with van der Waals surface area (Å²) < 4.78 is 9.64. The number of aromatic nitrogens is 4. The van der Waals surface area contributed by atoms with E-state index in [1.807, 2.05) is 0 Å². The molecule has 0 N–H and O–H groups in total. The molecule has 458 valence electrons. The Morgan fingerprint density at radius 2 is 0.449 bits per heavy atom. The van der Waals surface area contributed by atoms with Crippen LogP contribution in [0.3, 0.4) is 0 Å². The van der Waals surface area contributed by atoms with E-state index in [0.717, 1.165) is 5.69 Å². The third-order valence-electron chi connectivity index (χ3n) is 20.0. The van der Waals surface area contributed by atoms with Crippen LogP contribution >= 0.6 is 0 Å². The fourth-order valence-corrected chi connectivity index (χ4v) is 15.5. The Hall–Kier alpha value is -13.0. The molecule has 0 aliphatic rings. The van der Waals surface area contributed by atoms with Crippen molar-refractivity contribution in [2.24, 2.45) is 0 Å². The van der Waals surface area contributed by atoms with E-state index < -0.39 is 0 Å². The number of hydrogen-bond donors (Lipinski definition) is 0. The number of fused-ring (bicyclic) bond motifs is 13. The quantitative estimate of drug-likeness (QED) is 0.137. The molecule has 0 spiro atoms. The van der Waals surface area contributed by atoms with E-state index in [0.29, 0.717) is 0 Å². The first-order valence-corrected chi connectivity index (χ1v) is 33.7. The van der Waals surface area contributed by atoms with E-state index in [1.165, 1.54) is 171 Å². The molecule has 0 amide bonds. The normalized spacial score (nSPS) is 11.7. The zero-order valence-electron chi connectivity index (χ0n) is 53.6. The van der Waals surface area contributed by atoms with Crippen molar-refractivity contribution in [3.8, 4) is 78.4 Å². The summed E-state index contributed by atoms with van der Waals surface area (Å²) in [5, 5.41) is 12.5. The van der Waals surface area contributed by atoms with Crippen LogP contribution in [0.1, 0.15) is 0 Å². The van der Waals surface area contributed by atoms with Crippen molar-refractivity contribution in [3.63, 3.8) is 0 Å². The van der Waals surface area contributed by atoms with Crippen LogP contribution in [0.5, 0.6) is 0 Å². The lowest BCUT2D eigenvalue weighted by Gasteiger charge is -2.14. The maximum atomic E-state index is 2.43. The van der Waals surface area contributed by atoms with Crippen molar-refractivity contribution >= 4 is 98.0 Å². The number of rotatable bonds is 9. The lowest BCUT2D eigenvalue weighted by molar-refractivity contribution is 1.18. The highest BCUT2D eigenvalue weighted by Gasteiger charge is 2.21. The maximum absolute atomic E-state index is 2.43. The lowest BCUT2D eigenvalue weighted by atomic mass is 10.0. The van der Waals surface area contributed by atoms with Gasteiger partial charge in [-0.25, -0.2) is 0 Å². The first-order chi connectivity index (χ1) is 48.6. The highest BCUT2D eigenvalue weighted by atomic mass is 15.0. The minimum absolute atomic E-state index is 1.16. The molecule has 0 aliphatic heterocycles. The van der Waals surface area contributed by atoms with Crippen molar-refractivity contribution in [1.82, 2.24) is 18.3 Å². The second-order valence-electron chi connectivity index (χ2n) is 25.6. The Morgan fingerprint density at radius 1 is 0.143 bits per heavy atom. The van der Waals surface area contributed by atoms with E-state index >= 15 is 0 Å². The summed E-state index contributed by atoms with van der Waals surface area (Å²) in [6.07, 6.45) is 0. The van der Waals surface area contributed by atoms with Crippen molar-refractivity contribution in [2.75, 3.05) is 0 Å². The molecule has 0 saturated heterocycles. The summed E-state index contributed by atoms with van der Waals surface area (Å²) in [5.74, 6) is 0. The van der Waals surface area contributed by atoms with E-state index in [2.05, 4.69) is 394 Å². The third kappa shape index (κ3) is 9.52. The van der Waals surface area contributed by atoms with Crippen molar-refractivity contribution in [3.05, 3.63) is 376 Å². The average molecular weight is 1250 g/mol. The summed E-state index contributed by atoms with van der Waals surface area (Å²) in [7, 11) is 0. The average Bonchev–Trinajstić information content (AvgIpc) is 1.60. The van der Waals surface area contributed by atoms with Crippen LogP contribution in [0.2, 0.25) is 0 Å². The highest BCUT2D eigenvalue weighted by Crippen LogP contribution is 2.43. The maximum Gasteiger partial charge on any atom is 0.0541 e. The fourth-order valence-electron chi connectivity index (χ4n) is 15.5. The van der Waals surface area contributed by atoms with Gasteiger partial charge in [-0.3, -0.25) is 0 Å². The Morgan fingerprint density at radius 3 is 0.888 bits per heavy atom. The lowest BCUT2D eigenvalue weighted by Crippen LogP contribution is -1.97. The zero-order chi connectivity index (χ0) is 64.6. The summed E-state index contributed by atoms with van der Waals surface area (Å²) in [4.78, 5) is 0. The molecule has 4 heterocycles. The molecule has 4 nitrogen and oxygen atoms in total. The standard InChI is InChI=1S/C48H32N2.C46H30N2/c1-3-14-33(15-4-1)35-18-13-19-38(30-35)49-45-24-11-8-21-40(45)42-31-36(26-28-47(42)49)37-27-29-48-43(32-37)41-22-9-12-25-46(41)50(48)44-23-10-7-20-39(44)34-16-5-2-6-17-34;1-2-11-31(12-3-1)34-15-10-16-37(27-34)47-43-19-8-6-17-39(43)41-29-35(22-25-45(41)47)36-23-26-46-42(30-36)40-18-7-9-20-44(40)48(46)38-24-21-32-13-4-5-14-33(32)28-38/h1-32H;1-30H. The van der Waals surface area contributed by atoms with E-state index in [4.69, 9.17) is 0 Å². The Labute approximate surface area is 567 Å². The Balaban J connectivity index is 0.000000137. The van der Waals surface area contributed by atoms with Crippen LogP contribution in [0.4, 0.5) is 0 Å². The molecule has 0 fully saturated rings. The first kappa shape index (κ1) is 56.5. The molecule has 98 heavy (non-hydrogen) atoms. The Kier molecular flexibility index (Phi) is 13.5. The largest absolute Gasteiger partial charge is 0.309 e. The number of hydrogen-bond acceptors (Lipinski definition) is 0. The molecule has 0 radical (unpaired) electrons. The number of nitrogens with zero attached hydrogens (tertiary/aromatic N) is 4. The van der Waals surface area contributed by atoms with Gasteiger partial charge in [0.25, 0.3) is 0 Å². The number of benzene rings is 16. The van der Waals surface area contributed by atoms with Gasteiger partial charge >= 0.3 is 0 Å². The minimum atomic E-state index is 1.16. The van der Waals surface area contributed by atoms with Crippen LogP contribution < -0.4 is 0 Å². The molecule has 20 aromatic rings. The number of para-hydroxylation sites is 5. The van der Waals surface area contributed by atoms with E-state index in [-0.39, 0.29) is 0 Å². The predicted octanol–water partition coefficient (Wildman–Crippen LogP) is 25.2. The van der Waals surface area contributed by atoms with Gasteiger partial charge in [-0.2, -0.15) is 0 Å². The molecule has 0 unspecified atom stereocenters. The van der Waals surface area contributed by atoms with Crippen LogP contribution in [-0.2, 0) is 0 Å². The van der Waals surface area contributed by atoms with Gasteiger partial charge in [0, 0.05) is 65.7 Å². The summed E-state index contributed by atoms with van der Waals surface area (Å²) in [6, 6.07) is 137. The van der Waals surface area contributed by atoms with Gasteiger partial charge in [-0.1, -0.05) is 261 Å². The highest BCUT2D eigenvalue weighted by molar-refractivity contribution is 6.15. The predicted molar refractivity (Wildman–Crippen MR) is 415 cm³/mol. The van der Waals surface area contributed by atoms with E-state index in [9.17, 15) is 0 Å². The topological polar surface area (TPSA) is 19.7 Å². The molecule has 0 saturated carbocycles. The van der Waals surface area contributed by atoms with Gasteiger partial charge < -0.3 is 18.3 Å². The van der Waals surface area contributed by atoms with Crippen LogP contribution in [0.15, 0.2) is 376 Å². The van der Waals surface area contributed by atoms with Gasteiger partial charge in [0.1, 0.15) is 0 Å². The molecular formula is C94H62N4. The van der Waals surface area contributed by atoms with Gasteiger partial charge in [-0.15, -0.1) is 0 Å². The van der Waals surface area contributed by atoms with Gasteiger partial charge in [0.2, 0.25) is 0 Å². The fraction of sp³-hybridized carbons (Fsp3) is 0. The third-order valence-corrected chi connectivity index (χ3v) is 20.0. The van der Waals surface area contributed by atoms with Gasteiger partial charge in [0.05, 0.1) is 49.8 Å². The molecule has 20 rings (SSSR count). The summed E-state index contributed by atoms with van der Waals surface area (Å²) in [5.41, 5.74) is 26.5. The smallest absolute Gasteiger partial charge is 0.0541 e. The van der Waals surface area contributed by atoms with Crippen molar-refractivity contribution < 1.29 is 0 Å². The second kappa shape index (κ2) is 23.5. The summed E-state index contributed by atoms with van der Waals surface area (Å²) >= 11 is 0. The molecule has 4 aromatic heterocycles. The molecule has 4 heteroatoms. The molecule has 0 aliphatic carbocycles. The first-order valence-electron chi connectivity index (χ1n) is 33.7. The van der Waals surface area contributed by atoms with Crippen LogP contribution in [0.25, 0.3) is 176 Å². The Bertz CT molecular complexity index is 6480. The van der Waals surface area contributed by atoms with Crippen molar-refractivity contribution in [2.45, 2.75) is 0 Å². The van der Waals surface area contributed by atoms with Crippen LogP contribution in [0, 0.1) is 0 Å². The second-order valence-corrected chi connectivity index (χ2v) is 25.6. The van der Waals surface area contributed by atoms with Gasteiger partial charge in [-0.05, 0) is 176 Å². The molecule has 0 bridgehead atoms. The van der Waals surface area contributed by atoms with E-state index in [1.54, 1.807) is 0 Å². The van der Waals surface area contributed by atoms with Crippen LogP contribution in [-0.4, -0.2) is 18.3 Å².